The second kappa shape index (κ2) is 7.66. The molecule has 0 aliphatic carbocycles. The molecule has 0 amide bonds. The fourth-order valence-corrected chi connectivity index (χ4v) is 3.27. The van der Waals surface area contributed by atoms with Crippen LogP contribution in [0.3, 0.4) is 0 Å². The first-order valence-electron chi connectivity index (χ1n) is 8.62. The van der Waals surface area contributed by atoms with Crippen molar-refractivity contribution in [3.8, 4) is 11.3 Å². The number of hydrogen-bond donors (Lipinski definition) is 1. The molecule has 6 heteroatoms. The van der Waals surface area contributed by atoms with E-state index < -0.39 is 12.6 Å². The first-order valence-corrected chi connectivity index (χ1v) is 9.00. The average Bonchev–Trinajstić information content (AvgIpc) is 3.12. The summed E-state index contributed by atoms with van der Waals surface area (Å²) in [4.78, 5) is 32.4. The normalized spacial score (nSPS) is 10.8. The van der Waals surface area contributed by atoms with Gasteiger partial charge in [-0.25, -0.2) is 9.78 Å². The molecule has 0 aliphatic rings. The predicted molar refractivity (Wildman–Crippen MR) is 108 cm³/mol. The molecule has 0 atom stereocenters. The molecule has 0 radical (unpaired) electrons. The van der Waals surface area contributed by atoms with Crippen molar-refractivity contribution >= 4 is 34.3 Å². The van der Waals surface area contributed by atoms with Gasteiger partial charge >= 0.3 is 5.97 Å². The lowest BCUT2D eigenvalue weighted by molar-refractivity contribution is 0.0475. The highest BCUT2D eigenvalue weighted by Gasteiger charge is 2.21. The van der Waals surface area contributed by atoms with Gasteiger partial charge in [-0.15, -0.1) is 0 Å². The number of ketones is 1. The van der Waals surface area contributed by atoms with Gasteiger partial charge in [0, 0.05) is 17.1 Å². The molecule has 2 heterocycles. The molecule has 0 aliphatic heterocycles. The number of esters is 1. The monoisotopic (exact) mass is 390 g/mol. The number of aromatic amines is 1. The van der Waals surface area contributed by atoms with Crippen LogP contribution in [0.25, 0.3) is 22.2 Å². The van der Waals surface area contributed by atoms with E-state index in [1.54, 1.807) is 6.07 Å². The third-order valence-electron chi connectivity index (χ3n) is 4.36. The summed E-state index contributed by atoms with van der Waals surface area (Å²) in [6, 6.07) is 20.2. The molecule has 0 bridgehead atoms. The molecule has 0 unspecified atom stereocenters. The van der Waals surface area contributed by atoms with Crippen LogP contribution in [0.5, 0.6) is 0 Å². The molecule has 2 aromatic heterocycles. The number of benzene rings is 2. The fourth-order valence-electron chi connectivity index (χ4n) is 3.07. The molecule has 0 fully saturated rings. The molecule has 0 saturated carbocycles. The number of hydrogen-bond acceptors (Lipinski definition) is 4. The Morgan fingerprint density at radius 2 is 1.71 bits per heavy atom. The van der Waals surface area contributed by atoms with Crippen molar-refractivity contribution in [2.45, 2.75) is 0 Å². The number of nitrogens with zero attached hydrogens (tertiary/aromatic N) is 1. The zero-order chi connectivity index (χ0) is 19.5. The molecular weight excluding hydrogens is 376 g/mol. The number of rotatable bonds is 5. The number of ether oxygens (including phenoxy) is 1. The topological polar surface area (TPSA) is 72.1 Å². The standard InChI is InChI=1S/C22H15ClN2O3/c23-21-16(10-6-12-24-21)22(27)28-13-18(26)19-15-9-4-5-11-17(15)25-20(19)14-7-2-1-3-8-14/h1-12,25H,13H2. The summed E-state index contributed by atoms with van der Waals surface area (Å²) in [5.74, 6) is -0.989. The van der Waals surface area contributed by atoms with E-state index in [0.29, 0.717) is 11.3 Å². The highest BCUT2D eigenvalue weighted by molar-refractivity contribution is 6.32. The largest absolute Gasteiger partial charge is 0.454 e. The van der Waals surface area contributed by atoms with Crippen LogP contribution in [0.4, 0.5) is 0 Å². The lowest BCUT2D eigenvalue weighted by Crippen LogP contribution is -2.15. The minimum Gasteiger partial charge on any atom is -0.454 e. The van der Waals surface area contributed by atoms with Crippen LogP contribution in [0, 0.1) is 0 Å². The third-order valence-corrected chi connectivity index (χ3v) is 4.66. The summed E-state index contributed by atoms with van der Waals surface area (Å²) in [6.07, 6.45) is 1.47. The van der Waals surface area contributed by atoms with Gasteiger partial charge in [-0.1, -0.05) is 60.1 Å². The van der Waals surface area contributed by atoms with Gasteiger partial charge in [0.25, 0.3) is 0 Å². The molecule has 2 aromatic carbocycles. The minimum absolute atomic E-state index is 0.0389. The summed E-state index contributed by atoms with van der Waals surface area (Å²) in [5.41, 5.74) is 3.03. The second-order valence-electron chi connectivity index (χ2n) is 6.13. The number of para-hydroxylation sites is 1. The first kappa shape index (κ1) is 17.9. The van der Waals surface area contributed by atoms with E-state index in [9.17, 15) is 9.59 Å². The van der Waals surface area contributed by atoms with E-state index in [0.717, 1.165) is 16.5 Å². The van der Waals surface area contributed by atoms with Crippen LogP contribution in [0.15, 0.2) is 72.9 Å². The minimum atomic E-state index is -0.687. The maximum atomic E-state index is 13.0. The number of carbonyl (C=O) groups excluding carboxylic acids is 2. The van der Waals surface area contributed by atoms with Crippen LogP contribution in [-0.2, 0) is 4.74 Å². The molecular formula is C22H15ClN2O3. The quantitative estimate of drug-likeness (QED) is 0.298. The van der Waals surface area contributed by atoms with Crippen LogP contribution in [0.2, 0.25) is 5.15 Å². The fraction of sp³-hybridized carbons (Fsp3) is 0.0455. The Balaban J connectivity index is 1.66. The van der Waals surface area contributed by atoms with Gasteiger partial charge in [-0.2, -0.15) is 0 Å². The first-order chi connectivity index (χ1) is 13.6. The summed E-state index contributed by atoms with van der Waals surface area (Å²) in [6.45, 7) is -0.397. The smallest absolute Gasteiger partial charge is 0.341 e. The van der Waals surface area contributed by atoms with E-state index in [-0.39, 0.29) is 16.5 Å². The van der Waals surface area contributed by atoms with Gasteiger partial charge in [0.1, 0.15) is 5.15 Å². The number of H-pyrrole nitrogens is 1. The lowest BCUT2D eigenvalue weighted by Gasteiger charge is -2.07. The number of pyridine rings is 1. The van der Waals surface area contributed by atoms with Gasteiger partial charge in [0.05, 0.1) is 16.8 Å². The number of halogens is 1. The molecule has 0 spiro atoms. The maximum Gasteiger partial charge on any atom is 0.341 e. The highest BCUT2D eigenvalue weighted by atomic mass is 35.5. The average molecular weight is 391 g/mol. The molecule has 28 heavy (non-hydrogen) atoms. The zero-order valence-electron chi connectivity index (χ0n) is 14.7. The summed E-state index contributed by atoms with van der Waals surface area (Å²) in [7, 11) is 0. The van der Waals surface area contributed by atoms with Crippen LogP contribution in [0.1, 0.15) is 20.7 Å². The van der Waals surface area contributed by atoms with Crippen molar-refractivity contribution in [1.82, 2.24) is 9.97 Å². The van der Waals surface area contributed by atoms with E-state index in [4.69, 9.17) is 16.3 Å². The molecule has 4 aromatic rings. The van der Waals surface area contributed by atoms with Crippen molar-refractivity contribution < 1.29 is 14.3 Å². The summed E-state index contributed by atoms with van der Waals surface area (Å²) < 4.78 is 5.21. The molecule has 4 rings (SSSR count). The van der Waals surface area contributed by atoms with Crippen molar-refractivity contribution in [1.29, 1.82) is 0 Å². The molecule has 1 N–H and O–H groups in total. The van der Waals surface area contributed by atoms with E-state index in [1.165, 1.54) is 12.3 Å². The Morgan fingerprint density at radius 3 is 2.50 bits per heavy atom. The van der Waals surface area contributed by atoms with E-state index >= 15 is 0 Å². The maximum absolute atomic E-state index is 13.0. The lowest BCUT2D eigenvalue weighted by atomic mass is 10.0. The highest BCUT2D eigenvalue weighted by Crippen LogP contribution is 2.30. The van der Waals surface area contributed by atoms with Gasteiger partial charge < -0.3 is 9.72 Å². The van der Waals surface area contributed by atoms with Crippen molar-refractivity contribution in [2.75, 3.05) is 6.61 Å². The number of aromatic nitrogens is 2. The Bertz CT molecular complexity index is 1170. The number of fused-ring (bicyclic) bond motifs is 1. The van der Waals surface area contributed by atoms with Crippen LogP contribution >= 0.6 is 11.6 Å². The van der Waals surface area contributed by atoms with E-state index in [1.807, 2.05) is 54.6 Å². The van der Waals surface area contributed by atoms with Crippen LogP contribution in [-0.4, -0.2) is 28.3 Å². The third kappa shape index (κ3) is 3.40. The number of carbonyl (C=O) groups is 2. The molecule has 5 nitrogen and oxygen atoms in total. The second-order valence-corrected chi connectivity index (χ2v) is 6.49. The number of nitrogens with one attached hydrogen (secondary N) is 1. The van der Waals surface area contributed by atoms with Crippen molar-refractivity contribution in [3.63, 3.8) is 0 Å². The predicted octanol–water partition coefficient (Wildman–Crippen LogP) is 4.92. The SMILES string of the molecule is O=C(OCC(=O)c1c(-c2ccccc2)[nH]c2ccccc12)c1cccnc1Cl. The summed E-state index contributed by atoms with van der Waals surface area (Å²) >= 11 is 5.92. The van der Waals surface area contributed by atoms with Gasteiger partial charge in [-0.05, 0) is 23.8 Å². The Morgan fingerprint density at radius 1 is 0.964 bits per heavy atom. The van der Waals surface area contributed by atoms with Gasteiger partial charge in [0.15, 0.2) is 6.61 Å². The van der Waals surface area contributed by atoms with Crippen LogP contribution < -0.4 is 0 Å². The van der Waals surface area contributed by atoms with Gasteiger partial charge in [-0.3, -0.25) is 4.79 Å². The number of Topliss-reactive ketones (excluding diaryl/α,β-unsaturated/α-hetero) is 1. The zero-order valence-corrected chi connectivity index (χ0v) is 15.4. The molecule has 138 valence electrons. The van der Waals surface area contributed by atoms with Crippen molar-refractivity contribution in [3.05, 3.63) is 89.2 Å². The summed E-state index contributed by atoms with van der Waals surface area (Å²) in [5, 5.41) is 0.818. The van der Waals surface area contributed by atoms with Crippen molar-refractivity contribution in [2.24, 2.45) is 0 Å². The van der Waals surface area contributed by atoms with Gasteiger partial charge in [0.2, 0.25) is 5.78 Å². The Labute approximate surface area is 165 Å². The Hall–Kier alpha value is -3.44. The molecule has 0 saturated heterocycles. The Kier molecular flexibility index (Phi) is 4.91. The van der Waals surface area contributed by atoms with E-state index in [2.05, 4.69) is 9.97 Å².